The number of anilines is 1. The molecule has 1 amide bonds. The van der Waals surface area contributed by atoms with Crippen molar-refractivity contribution in [2.75, 3.05) is 5.32 Å². The molecule has 0 saturated carbocycles. The van der Waals surface area contributed by atoms with Crippen molar-refractivity contribution < 1.29 is 17.6 Å². The number of carbonyl (C=O) groups is 1. The molecule has 0 aliphatic heterocycles. The number of sulfonamides is 1. The molecular formula is C19H17FN2O3S. The smallest absolute Gasteiger partial charge is 0.241 e. The third-order valence-electron chi connectivity index (χ3n) is 3.84. The lowest BCUT2D eigenvalue weighted by molar-refractivity contribution is -0.114. The lowest BCUT2D eigenvalue weighted by atomic mass is 10.1. The van der Waals surface area contributed by atoms with Gasteiger partial charge in [-0.25, -0.2) is 17.5 Å². The van der Waals surface area contributed by atoms with Crippen molar-refractivity contribution in [3.8, 4) is 0 Å². The molecule has 0 spiro atoms. The summed E-state index contributed by atoms with van der Waals surface area (Å²) < 4.78 is 41.2. The third kappa shape index (κ3) is 3.89. The first-order valence-corrected chi connectivity index (χ1v) is 9.38. The number of nitrogens with one attached hydrogen (secondary N) is 2. The molecule has 3 aromatic rings. The summed E-state index contributed by atoms with van der Waals surface area (Å²) >= 11 is 0. The van der Waals surface area contributed by atoms with Gasteiger partial charge in [-0.2, -0.15) is 0 Å². The minimum atomic E-state index is -3.83. The molecule has 0 aromatic heterocycles. The van der Waals surface area contributed by atoms with Crippen LogP contribution in [-0.4, -0.2) is 14.3 Å². The van der Waals surface area contributed by atoms with Crippen LogP contribution in [0.15, 0.2) is 65.6 Å². The van der Waals surface area contributed by atoms with Crippen molar-refractivity contribution in [3.05, 3.63) is 72.0 Å². The highest BCUT2D eigenvalue weighted by atomic mass is 32.2. The van der Waals surface area contributed by atoms with Gasteiger partial charge in [0, 0.05) is 29.9 Å². The molecule has 3 aromatic carbocycles. The summed E-state index contributed by atoms with van der Waals surface area (Å²) in [5.41, 5.74) is 1.06. The standard InChI is InChI=1S/C19H17FN2O3S/c1-13(23)22-18-9-3-8-17-16(18)7-4-10-19(17)26(24,25)21-12-14-5-2-6-15(20)11-14/h2-11,21H,12H2,1H3,(H,22,23). The quantitative estimate of drug-likeness (QED) is 0.721. The maximum Gasteiger partial charge on any atom is 0.241 e. The number of hydrogen-bond acceptors (Lipinski definition) is 3. The molecule has 134 valence electrons. The van der Waals surface area contributed by atoms with Gasteiger partial charge in [-0.1, -0.05) is 36.4 Å². The van der Waals surface area contributed by atoms with Gasteiger partial charge in [-0.3, -0.25) is 4.79 Å². The van der Waals surface area contributed by atoms with Crippen LogP contribution in [0, 0.1) is 5.82 Å². The van der Waals surface area contributed by atoms with Crippen LogP contribution in [0.5, 0.6) is 0 Å². The molecule has 0 fully saturated rings. The normalized spacial score (nSPS) is 11.5. The topological polar surface area (TPSA) is 75.3 Å². The fraction of sp³-hybridized carbons (Fsp3) is 0.105. The summed E-state index contributed by atoms with van der Waals surface area (Å²) in [5.74, 6) is -0.665. The summed E-state index contributed by atoms with van der Waals surface area (Å²) in [6.45, 7) is 1.36. The molecule has 26 heavy (non-hydrogen) atoms. The van der Waals surface area contributed by atoms with E-state index < -0.39 is 15.8 Å². The van der Waals surface area contributed by atoms with Crippen LogP contribution in [0.4, 0.5) is 10.1 Å². The van der Waals surface area contributed by atoms with Crippen LogP contribution < -0.4 is 10.0 Å². The van der Waals surface area contributed by atoms with Crippen molar-refractivity contribution in [2.24, 2.45) is 0 Å². The fourth-order valence-corrected chi connectivity index (χ4v) is 3.95. The predicted molar refractivity (Wildman–Crippen MR) is 98.7 cm³/mol. The van der Waals surface area contributed by atoms with E-state index in [1.165, 1.54) is 31.2 Å². The van der Waals surface area contributed by atoms with E-state index in [4.69, 9.17) is 0 Å². The molecule has 0 saturated heterocycles. The number of rotatable bonds is 5. The minimum Gasteiger partial charge on any atom is -0.326 e. The van der Waals surface area contributed by atoms with E-state index in [2.05, 4.69) is 10.0 Å². The van der Waals surface area contributed by atoms with Gasteiger partial charge in [0.1, 0.15) is 5.82 Å². The van der Waals surface area contributed by atoms with Crippen molar-refractivity contribution in [1.29, 1.82) is 0 Å². The Morgan fingerprint density at radius 3 is 2.42 bits per heavy atom. The Balaban J connectivity index is 1.97. The van der Waals surface area contributed by atoms with Gasteiger partial charge >= 0.3 is 0 Å². The van der Waals surface area contributed by atoms with Gasteiger partial charge in [-0.05, 0) is 29.8 Å². The Morgan fingerprint density at radius 2 is 1.69 bits per heavy atom. The van der Waals surface area contributed by atoms with Crippen LogP contribution in [-0.2, 0) is 21.4 Å². The van der Waals surface area contributed by atoms with Crippen molar-refractivity contribution >= 4 is 32.4 Å². The molecule has 7 heteroatoms. The number of amides is 1. The molecule has 5 nitrogen and oxygen atoms in total. The zero-order valence-electron chi connectivity index (χ0n) is 14.0. The molecule has 0 heterocycles. The van der Waals surface area contributed by atoms with E-state index in [-0.39, 0.29) is 17.3 Å². The third-order valence-corrected chi connectivity index (χ3v) is 5.30. The SMILES string of the molecule is CC(=O)Nc1cccc2c(S(=O)(=O)NCc3cccc(F)c3)cccc12. The monoisotopic (exact) mass is 372 g/mol. The number of carbonyl (C=O) groups excluding carboxylic acids is 1. The maximum absolute atomic E-state index is 13.3. The molecule has 0 aliphatic carbocycles. The van der Waals surface area contributed by atoms with E-state index in [9.17, 15) is 17.6 Å². The largest absolute Gasteiger partial charge is 0.326 e. The highest BCUT2D eigenvalue weighted by Crippen LogP contribution is 2.28. The molecule has 0 aliphatic rings. The summed E-state index contributed by atoms with van der Waals surface area (Å²) in [6.07, 6.45) is 0. The summed E-state index contributed by atoms with van der Waals surface area (Å²) in [5, 5.41) is 3.81. The summed E-state index contributed by atoms with van der Waals surface area (Å²) in [4.78, 5) is 11.4. The van der Waals surface area contributed by atoms with Crippen LogP contribution in [0.25, 0.3) is 10.8 Å². The lowest BCUT2D eigenvalue weighted by Gasteiger charge is -2.12. The number of fused-ring (bicyclic) bond motifs is 1. The molecule has 0 atom stereocenters. The number of hydrogen-bond donors (Lipinski definition) is 2. The average Bonchev–Trinajstić information content (AvgIpc) is 2.59. The second-order valence-corrected chi connectivity index (χ2v) is 7.53. The first-order chi connectivity index (χ1) is 12.4. The first-order valence-electron chi connectivity index (χ1n) is 7.90. The van der Waals surface area contributed by atoms with Crippen LogP contribution in [0.1, 0.15) is 12.5 Å². The van der Waals surface area contributed by atoms with Gasteiger partial charge in [-0.15, -0.1) is 0 Å². The van der Waals surface area contributed by atoms with E-state index in [1.54, 1.807) is 36.4 Å². The zero-order valence-corrected chi connectivity index (χ0v) is 14.8. The molecule has 0 bridgehead atoms. The second kappa shape index (κ2) is 7.23. The van der Waals surface area contributed by atoms with Gasteiger partial charge < -0.3 is 5.32 Å². The van der Waals surface area contributed by atoms with E-state index in [1.807, 2.05) is 0 Å². The van der Waals surface area contributed by atoms with E-state index in [0.717, 1.165) is 0 Å². The molecular weight excluding hydrogens is 355 g/mol. The number of halogens is 1. The first kappa shape index (κ1) is 18.0. The van der Waals surface area contributed by atoms with E-state index in [0.29, 0.717) is 22.0 Å². The Hall–Kier alpha value is -2.77. The summed E-state index contributed by atoms with van der Waals surface area (Å²) in [7, 11) is -3.83. The average molecular weight is 372 g/mol. The minimum absolute atomic E-state index is 0.0259. The lowest BCUT2D eigenvalue weighted by Crippen LogP contribution is -2.23. The Morgan fingerprint density at radius 1 is 1.00 bits per heavy atom. The molecule has 0 unspecified atom stereocenters. The van der Waals surface area contributed by atoms with Crippen LogP contribution in [0.2, 0.25) is 0 Å². The fourth-order valence-electron chi connectivity index (χ4n) is 2.72. The second-order valence-electron chi connectivity index (χ2n) is 5.79. The van der Waals surface area contributed by atoms with Gasteiger partial charge in [0.2, 0.25) is 15.9 Å². The highest BCUT2D eigenvalue weighted by Gasteiger charge is 2.18. The van der Waals surface area contributed by atoms with Crippen molar-refractivity contribution in [1.82, 2.24) is 4.72 Å². The van der Waals surface area contributed by atoms with Crippen LogP contribution >= 0.6 is 0 Å². The van der Waals surface area contributed by atoms with Crippen molar-refractivity contribution in [2.45, 2.75) is 18.4 Å². The molecule has 3 rings (SSSR count). The Kier molecular flexibility index (Phi) is 5.01. The summed E-state index contributed by atoms with van der Waals surface area (Å²) in [6, 6.07) is 15.7. The van der Waals surface area contributed by atoms with E-state index >= 15 is 0 Å². The molecule has 0 radical (unpaired) electrons. The van der Waals surface area contributed by atoms with Gasteiger partial charge in [0.05, 0.1) is 4.90 Å². The predicted octanol–water partition coefficient (Wildman–Crippen LogP) is 3.42. The highest BCUT2D eigenvalue weighted by molar-refractivity contribution is 7.89. The zero-order chi connectivity index (χ0) is 18.7. The van der Waals surface area contributed by atoms with Gasteiger partial charge in [0.15, 0.2) is 0 Å². The molecule has 2 N–H and O–H groups in total. The van der Waals surface area contributed by atoms with Crippen molar-refractivity contribution in [3.63, 3.8) is 0 Å². The Bertz CT molecular complexity index is 1080. The Labute approximate surface area is 150 Å². The maximum atomic E-state index is 13.3. The van der Waals surface area contributed by atoms with Crippen LogP contribution in [0.3, 0.4) is 0 Å². The number of benzene rings is 3. The van der Waals surface area contributed by atoms with Gasteiger partial charge in [0.25, 0.3) is 0 Å².